The Morgan fingerprint density at radius 1 is 1.28 bits per heavy atom. The lowest BCUT2D eigenvalue weighted by Crippen LogP contribution is -2.20. The van der Waals surface area contributed by atoms with Crippen molar-refractivity contribution in [3.05, 3.63) is 65.7 Å². The zero-order valence-electron chi connectivity index (χ0n) is 16.0. The van der Waals surface area contributed by atoms with Gasteiger partial charge in [-0.05, 0) is 23.1 Å². The van der Waals surface area contributed by atoms with Crippen LogP contribution in [0.25, 0.3) is 10.8 Å². The summed E-state index contributed by atoms with van der Waals surface area (Å²) in [5, 5.41) is 1.80. The van der Waals surface area contributed by atoms with E-state index in [0.29, 0.717) is 18.0 Å². The van der Waals surface area contributed by atoms with Gasteiger partial charge in [0.15, 0.2) is 5.78 Å². The number of aromatic nitrogens is 1. The first-order valence-electron chi connectivity index (χ1n) is 9.09. The maximum absolute atomic E-state index is 14.7. The molecule has 1 unspecified atom stereocenters. The van der Waals surface area contributed by atoms with Gasteiger partial charge in [-0.25, -0.2) is 4.39 Å². The minimum atomic E-state index is -1.06. The van der Waals surface area contributed by atoms with Crippen LogP contribution in [0.4, 0.5) is 10.1 Å². The second kappa shape index (κ2) is 7.83. The molecule has 1 aliphatic rings. The van der Waals surface area contributed by atoms with Crippen molar-refractivity contribution >= 4 is 39.1 Å². The van der Waals surface area contributed by atoms with Crippen molar-refractivity contribution in [3.63, 3.8) is 0 Å². The normalized spacial score (nSPS) is 16.4. The van der Waals surface area contributed by atoms with Crippen LogP contribution < -0.4 is 9.64 Å². The summed E-state index contributed by atoms with van der Waals surface area (Å²) in [7, 11) is 3.33. The highest BCUT2D eigenvalue weighted by Gasteiger charge is 2.37. The molecule has 0 radical (unpaired) electrons. The average Bonchev–Trinajstić information content (AvgIpc) is 3.06. The van der Waals surface area contributed by atoms with Crippen LogP contribution in [0.1, 0.15) is 17.0 Å². The number of hydrogen-bond acceptors (Lipinski definition) is 6. The number of anilines is 1. The van der Waals surface area contributed by atoms with Crippen LogP contribution in [0.2, 0.25) is 0 Å². The molecule has 0 saturated carbocycles. The van der Waals surface area contributed by atoms with E-state index in [4.69, 9.17) is 4.74 Å². The van der Waals surface area contributed by atoms with Gasteiger partial charge in [-0.2, -0.15) is 0 Å². The lowest BCUT2D eigenvalue weighted by molar-refractivity contribution is -0.122. The minimum absolute atomic E-state index is 0.0865. The highest BCUT2D eigenvalue weighted by atomic mass is 32.2. The summed E-state index contributed by atoms with van der Waals surface area (Å²) in [6.45, 7) is 0.520. The van der Waals surface area contributed by atoms with Crippen molar-refractivity contribution in [3.8, 4) is 5.75 Å². The number of benzene rings is 2. The van der Waals surface area contributed by atoms with Gasteiger partial charge in [0.1, 0.15) is 17.5 Å². The molecule has 0 N–H and O–H groups in total. The third-order valence-corrected chi connectivity index (χ3v) is 6.07. The molecular weight excluding hydrogens is 391 g/mol. The highest BCUT2D eigenvalue weighted by Crippen LogP contribution is 2.39. The van der Waals surface area contributed by atoms with Crippen LogP contribution in [0.3, 0.4) is 0 Å². The molecule has 2 aromatic carbocycles. The molecule has 0 bridgehead atoms. The number of ether oxygens (including phenoxy) is 1. The number of fused-ring (bicyclic) bond motifs is 1. The molecule has 1 aromatic heterocycles. The number of pyridine rings is 1. The Morgan fingerprint density at radius 3 is 2.83 bits per heavy atom. The van der Waals surface area contributed by atoms with E-state index in [1.54, 1.807) is 12.3 Å². The zero-order chi connectivity index (χ0) is 20.5. The van der Waals surface area contributed by atoms with E-state index in [2.05, 4.69) is 4.98 Å². The van der Waals surface area contributed by atoms with Crippen molar-refractivity contribution < 1.29 is 18.7 Å². The van der Waals surface area contributed by atoms with Crippen LogP contribution in [0.5, 0.6) is 5.75 Å². The van der Waals surface area contributed by atoms with Gasteiger partial charge >= 0.3 is 0 Å². The maximum atomic E-state index is 14.7. The van der Waals surface area contributed by atoms with Crippen LogP contribution >= 0.6 is 11.8 Å². The number of thioether (sulfide) groups is 1. The number of hydrogen-bond donors (Lipinski definition) is 0. The predicted octanol–water partition coefficient (Wildman–Crippen LogP) is 3.95. The molecule has 1 aliphatic heterocycles. The highest BCUT2D eigenvalue weighted by molar-refractivity contribution is 8.15. The van der Waals surface area contributed by atoms with Crippen molar-refractivity contribution in [2.24, 2.45) is 0 Å². The lowest BCUT2D eigenvalue weighted by atomic mass is 9.95. The number of halogens is 1. The molecule has 3 aromatic rings. The summed E-state index contributed by atoms with van der Waals surface area (Å²) < 4.78 is 20.1. The van der Waals surface area contributed by atoms with Gasteiger partial charge in [-0.1, -0.05) is 30.0 Å². The largest absolute Gasteiger partial charge is 0.494 e. The Bertz CT molecular complexity index is 1100. The first-order chi connectivity index (χ1) is 14.0. The molecule has 7 heteroatoms. The fourth-order valence-electron chi connectivity index (χ4n) is 3.64. The van der Waals surface area contributed by atoms with Gasteiger partial charge in [0.05, 0.1) is 18.6 Å². The summed E-state index contributed by atoms with van der Waals surface area (Å²) >= 11 is 0.938. The molecule has 148 valence electrons. The molecule has 1 saturated heterocycles. The molecule has 2 heterocycles. The molecular formula is C22H19FN2O3S. The molecule has 5 nitrogen and oxygen atoms in total. The summed E-state index contributed by atoms with van der Waals surface area (Å²) in [5.41, 5.74) is 1.77. The van der Waals surface area contributed by atoms with Gasteiger partial charge in [0, 0.05) is 43.0 Å². The Hall–Kier alpha value is -2.93. The molecule has 1 atom stereocenters. The first kappa shape index (κ1) is 19.4. The second-order valence-electron chi connectivity index (χ2n) is 6.92. The molecule has 29 heavy (non-hydrogen) atoms. The van der Waals surface area contributed by atoms with Crippen LogP contribution in [-0.2, 0) is 16.1 Å². The summed E-state index contributed by atoms with van der Waals surface area (Å²) in [6, 6.07) is 10.8. The van der Waals surface area contributed by atoms with Gasteiger partial charge in [-0.3, -0.25) is 14.6 Å². The number of ketones is 1. The monoisotopic (exact) mass is 410 g/mol. The summed E-state index contributed by atoms with van der Waals surface area (Å²) in [5.74, 6) is -1.50. The van der Waals surface area contributed by atoms with Crippen LogP contribution in [0.15, 0.2) is 48.8 Å². The third kappa shape index (κ3) is 3.58. The van der Waals surface area contributed by atoms with Crippen molar-refractivity contribution in [1.29, 1.82) is 0 Å². The Balaban J connectivity index is 1.74. The number of methoxy groups -OCH3 is 1. The molecule has 0 spiro atoms. The van der Waals surface area contributed by atoms with Crippen molar-refractivity contribution in [2.75, 3.05) is 24.8 Å². The third-order valence-electron chi connectivity index (χ3n) is 5.12. The standard InChI is InChI=1S/C22H19FN2O3S/c1-25(11-14-5-3-4-13-6-7-24-10-16(13)14)18-8-15(17(23)9-20(18)28-2)21-19(26)12-29-22(21)27/h3-10,21H,11-12H2,1-2H3. The number of carbonyl (C=O) groups excluding carboxylic acids is 2. The molecule has 0 aliphatic carbocycles. The summed E-state index contributed by atoms with van der Waals surface area (Å²) in [4.78, 5) is 30.4. The van der Waals surface area contributed by atoms with Gasteiger partial charge in [-0.15, -0.1) is 0 Å². The minimum Gasteiger partial charge on any atom is -0.494 e. The number of rotatable bonds is 5. The van der Waals surface area contributed by atoms with E-state index in [9.17, 15) is 14.0 Å². The topological polar surface area (TPSA) is 59.5 Å². The van der Waals surface area contributed by atoms with Crippen LogP contribution in [-0.4, -0.2) is 35.8 Å². The Kier molecular flexibility index (Phi) is 5.24. The van der Waals surface area contributed by atoms with E-state index in [0.717, 1.165) is 28.1 Å². The van der Waals surface area contributed by atoms with Crippen molar-refractivity contribution in [2.45, 2.75) is 12.5 Å². The SMILES string of the molecule is COc1cc(F)c(C2C(=O)CSC2=O)cc1N(C)Cc1cccc2ccncc12. The fourth-order valence-corrected chi connectivity index (χ4v) is 4.51. The average molecular weight is 410 g/mol. The predicted molar refractivity (Wildman–Crippen MR) is 112 cm³/mol. The maximum Gasteiger partial charge on any atom is 0.204 e. The van der Waals surface area contributed by atoms with Crippen molar-refractivity contribution in [1.82, 2.24) is 4.98 Å². The first-order valence-corrected chi connectivity index (χ1v) is 10.1. The van der Waals surface area contributed by atoms with E-state index in [1.165, 1.54) is 13.2 Å². The summed E-state index contributed by atoms with van der Waals surface area (Å²) in [6.07, 6.45) is 3.57. The smallest absolute Gasteiger partial charge is 0.204 e. The zero-order valence-corrected chi connectivity index (χ0v) is 16.8. The van der Waals surface area contributed by atoms with E-state index in [1.807, 2.05) is 42.4 Å². The Morgan fingerprint density at radius 2 is 2.10 bits per heavy atom. The lowest BCUT2D eigenvalue weighted by Gasteiger charge is -2.24. The van der Waals surface area contributed by atoms with E-state index >= 15 is 0 Å². The fraction of sp³-hybridized carbons (Fsp3) is 0.227. The van der Waals surface area contributed by atoms with E-state index < -0.39 is 11.7 Å². The number of carbonyl (C=O) groups is 2. The number of Topliss-reactive ketones (excluding diaryl/α,β-unsaturated/α-hetero) is 1. The van der Waals surface area contributed by atoms with Crippen LogP contribution in [0, 0.1) is 5.82 Å². The molecule has 4 rings (SSSR count). The quantitative estimate of drug-likeness (QED) is 0.594. The van der Waals surface area contributed by atoms with Gasteiger partial charge in [0.2, 0.25) is 5.12 Å². The van der Waals surface area contributed by atoms with Gasteiger partial charge in [0.25, 0.3) is 0 Å². The molecule has 1 fully saturated rings. The second-order valence-corrected chi connectivity index (χ2v) is 7.90. The van der Waals surface area contributed by atoms with E-state index in [-0.39, 0.29) is 22.2 Å². The molecule has 0 amide bonds. The Labute approximate surface area is 171 Å². The van der Waals surface area contributed by atoms with Gasteiger partial charge < -0.3 is 9.64 Å². The number of nitrogens with zero attached hydrogens (tertiary/aromatic N) is 2.